The maximum atomic E-state index is 11.3. The van der Waals surface area contributed by atoms with Gasteiger partial charge in [0.05, 0.1) is 6.54 Å². The number of aromatic nitrogens is 3. The fourth-order valence-electron chi connectivity index (χ4n) is 1.12. The lowest BCUT2D eigenvalue weighted by atomic mass is 10.5. The van der Waals surface area contributed by atoms with E-state index in [1.165, 1.54) is 22.1 Å². The molecule has 78 valence electrons. The summed E-state index contributed by atoms with van der Waals surface area (Å²) in [5.74, 6) is 0. The third-order valence-corrected chi connectivity index (χ3v) is 2.59. The van der Waals surface area contributed by atoms with Crippen molar-refractivity contribution in [2.75, 3.05) is 5.73 Å². The Morgan fingerprint density at radius 1 is 1.53 bits per heavy atom. The van der Waals surface area contributed by atoms with Gasteiger partial charge in [-0.15, -0.1) is 11.3 Å². The Kier molecular flexibility index (Phi) is 2.38. The summed E-state index contributed by atoms with van der Waals surface area (Å²) in [4.78, 5) is 28.5. The Balaban J connectivity index is 2.42. The molecular formula is C8H8N4O2S. The Labute approximate surface area is 88.0 Å². The van der Waals surface area contributed by atoms with Crippen molar-refractivity contribution in [3.63, 3.8) is 0 Å². The van der Waals surface area contributed by atoms with E-state index in [0.29, 0.717) is 6.54 Å². The molecule has 0 spiro atoms. The second-order valence-corrected chi connectivity index (χ2v) is 3.88. The Morgan fingerprint density at radius 3 is 3.00 bits per heavy atom. The molecule has 2 aromatic heterocycles. The van der Waals surface area contributed by atoms with Crippen molar-refractivity contribution >= 4 is 17.0 Å². The highest BCUT2D eigenvalue weighted by Crippen LogP contribution is 2.04. The van der Waals surface area contributed by atoms with Gasteiger partial charge >= 0.3 is 5.69 Å². The zero-order valence-corrected chi connectivity index (χ0v) is 8.45. The largest absolute Gasteiger partial charge is 0.393 e. The monoisotopic (exact) mass is 224 g/mol. The molecule has 0 aliphatic carbocycles. The molecule has 0 radical (unpaired) electrons. The first kappa shape index (κ1) is 9.66. The van der Waals surface area contributed by atoms with Crippen molar-refractivity contribution < 1.29 is 0 Å². The molecule has 2 rings (SSSR count). The van der Waals surface area contributed by atoms with E-state index in [2.05, 4.69) is 9.97 Å². The first-order valence-electron chi connectivity index (χ1n) is 4.14. The average Bonchev–Trinajstić information content (AvgIpc) is 2.67. The second kappa shape index (κ2) is 3.70. The minimum atomic E-state index is -0.560. The average molecular weight is 224 g/mol. The standard InChI is InChI=1S/C8H8N4O2S/c9-5-3-12(8(14)11-7(5)13)4-6-10-1-2-15-6/h1-3H,4,9H2,(H,11,13,14). The number of nitrogens with one attached hydrogen (secondary N) is 1. The summed E-state index contributed by atoms with van der Waals surface area (Å²) < 4.78 is 1.32. The van der Waals surface area contributed by atoms with Gasteiger partial charge in [-0.2, -0.15) is 0 Å². The van der Waals surface area contributed by atoms with Gasteiger partial charge in [-0.3, -0.25) is 14.3 Å². The summed E-state index contributed by atoms with van der Waals surface area (Å²) in [5, 5.41) is 2.60. The van der Waals surface area contributed by atoms with Crippen LogP contribution >= 0.6 is 11.3 Å². The molecule has 0 bridgehead atoms. The number of nitrogen functional groups attached to an aromatic ring is 1. The Hall–Kier alpha value is -1.89. The molecular weight excluding hydrogens is 216 g/mol. The summed E-state index contributed by atoms with van der Waals surface area (Å²) in [6.07, 6.45) is 2.97. The van der Waals surface area contributed by atoms with Crippen molar-refractivity contribution in [2.45, 2.75) is 6.54 Å². The number of H-pyrrole nitrogens is 1. The molecule has 0 aliphatic rings. The molecule has 15 heavy (non-hydrogen) atoms. The maximum absolute atomic E-state index is 11.3. The van der Waals surface area contributed by atoms with Crippen molar-refractivity contribution in [1.29, 1.82) is 0 Å². The van der Waals surface area contributed by atoms with Gasteiger partial charge in [0.15, 0.2) is 0 Å². The van der Waals surface area contributed by atoms with E-state index in [9.17, 15) is 9.59 Å². The van der Waals surface area contributed by atoms with Crippen LogP contribution in [0.2, 0.25) is 0 Å². The van der Waals surface area contributed by atoms with Crippen LogP contribution in [-0.4, -0.2) is 14.5 Å². The highest BCUT2D eigenvalue weighted by molar-refractivity contribution is 7.09. The van der Waals surface area contributed by atoms with Crippen LogP contribution in [0.15, 0.2) is 27.4 Å². The summed E-state index contributed by atoms with van der Waals surface area (Å²) >= 11 is 1.43. The van der Waals surface area contributed by atoms with Crippen LogP contribution in [-0.2, 0) is 6.54 Å². The van der Waals surface area contributed by atoms with Crippen LogP contribution in [0.5, 0.6) is 0 Å². The van der Waals surface area contributed by atoms with Gasteiger partial charge < -0.3 is 5.73 Å². The van der Waals surface area contributed by atoms with Crippen LogP contribution < -0.4 is 17.0 Å². The Bertz CT molecular complexity index is 569. The van der Waals surface area contributed by atoms with Crippen LogP contribution in [0.1, 0.15) is 5.01 Å². The lowest BCUT2D eigenvalue weighted by Crippen LogP contribution is -2.31. The summed E-state index contributed by atoms with van der Waals surface area (Å²) in [6.45, 7) is 0.317. The molecule has 0 aromatic carbocycles. The van der Waals surface area contributed by atoms with E-state index in [4.69, 9.17) is 5.73 Å². The maximum Gasteiger partial charge on any atom is 0.328 e. The predicted octanol–water partition coefficient (Wildman–Crippen LogP) is -0.376. The topological polar surface area (TPSA) is 93.8 Å². The van der Waals surface area contributed by atoms with E-state index < -0.39 is 11.2 Å². The van der Waals surface area contributed by atoms with E-state index in [1.807, 2.05) is 5.38 Å². The number of thiazole rings is 1. The van der Waals surface area contributed by atoms with Crippen molar-refractivity contribution in [3.05, 3.63) is 43.6 Å². The summed E-state index contributed by atoms with van der Waals surface area (Å²) in [6, 6.07) is 0. The fraction of sp³-hybridized carbons (Fsp3) is 0.125. The fourth-order valence-corrected chi connectivity index (χ4v) is 1.73. The third kappa shape index (κ3) is 1.96. The first-order chi connectivity index (χ1) is 7.16. The predicted molar refractivity (Wildman–Crippen MR) is 57.0 cm³/mol. The minimum absolute atomic E-state index is 0.0196. The quantitative estimate of drug-likeness (QED) is 0.727. The Morgan fingerprint density at radius 2 is 2.33 bits per heavy atom. The zero-order valence-electron chi connectivity index (χ0n) is 7.64. The highest BCUT2D eigenvalue weighted by Gasteiger charge is 2.03. The van der Waals surface area contributed by atoms with Gasteiger partial charge in [-0.05, 0) is 0 Å². The molecule has 0 saturated heterocycles. The molecule has 0 amide bonds. The lowest BCUT2D eigenvalue weighted by molar-refractivity contribution is 0.719. The second-order valence-electron chi connectivity index (χ2n) is 2.90. The molecule has 3 N–H and O–H groups in total. The third-order valence-electron chi connectivity index (χ3n) is 1.83. The molecule has 0 aliphatic heterocycles. The van der Waals surface area contributed by atoms with E-state index in [0.717, 1.165) is 5.01 Å². The highest BCUT2D eigenvalue weighted by atomic mass is 32.1. The van der Waals surface area contributed by atoms with Crippen LogP contribution in [0, 0.1) is 0 Å². The number of hydrogen-bond donors (Lipinski definition) is 2. The molecule has 0 fully saturated rings. The first-order valence-corrected chi connectivity index (χ1v) is 5.02. The molecule has 6 nitrogen and oxygen atoms in total. The van der Waals surface area contributed by atoms with Crippen molar-refractivity contribution in [3.8, 4) is 0 Å². The SMILES string of the molecule is Nc1cn(Cc2nccs2)c(=O)[nH]c1=O. The minimum Gasteiger partial charge on any atom is -0.393 e. The van der Waals surface area contributed by atoms with E-state index in [1.54, 1.807) is 6.20 Å². The number of nitrogens with two attached hydrogens (primary N) is 1. The zero-order chi connectivity index (χ0) is 10.8. The molecule has 0 unspecified atom stereocenters. The van der Waals surface area contributed by atoms with Crippen molar-refractivity contribution in [1.82, 2.24) is 14.5 Å². The van der Waals surface area contributed by atoms with Gasteiger partial charge in [0.1, 0.15) is 10.7 Å². The van der Waals surface area contributed by atoms with Gasteiger partial charge in [-0.25, -0.2) is 9.78 Å². The smallest absolute Gasteiger partial charge is 0.328 e. The van der Waals surface area contributed by atoms with Gasteiger partial charge in [0, 0.05) is 17.8 Å². The van der Waals surface area contributed by atoms with Gasteiger partial charge in [0.25, 0.3) is 5.56 Å². The number of rotatable bonds is 2. The van der Waals surface area contributed by atoms with E-state index >= 15 is 0 Å². The van der Waals surface area contributed by atoms with Crippen molar-refractivity contribution in [2.24, 2.45) is 0 Å². The van der Waals surface area contributed by atoms with Crippen LogP contribution in [0.25, 0.3) is 0 Å². The molecule has 7 heteroatoms. The molecule has 2 aromatic rings. The summed E-state index contributed by atoms with van der Waals surface area (Å²) in [5.41, 5.74) is 4.38. The van der Waals surface area contributed by atoms with E-state index in [-0.39, 0.29) is 5.69 Å². The molecule has 2 heterocycles. The molecule has 0 atom stereocenters. The van der Waals surface area contributed by atoms with Crippen LogP contribution in [0.3, 0.4) is 0 Å². The van der Waals surface area contributed by atoms with Crippen LogP contribution in [0.4, 0.5) is 5.69 Å². The number of nitrogens with zero attached hydrogens (tertiary/aromatic N) is 2. The van der Waals surface area contributed by atoms with Gasteiger partial charge in [-0.1, -0.05) is 0 Å². The molecule has 0 saturated carbocycles. The number of hydrogen-bond acceptors (Lipinski definition) is 5. The normalized spacial score (nSPS) is 10.4. The lowest BCUT2D eigenvalue weighted by Gasteiger charge is -2.02. The number of anilines is 1. The van der Waals surface area contributed by atoms with Gasteiger partial charge in [0.2, 0.25) is 0 Å². The summed E-state index contributed by atoms with van der Waals surface area (Å²) in [7, 11) is 0. The number of aromatic amines is 1.